The van der Waals surface area contributed by atoms with Crippen molar-refractivity contribution in [3.8, 4) is 0 Å². The lowest BCUT2D eigenvalue weighted by Gasteiger charge is -2.27. The van der Waals surface area contributed by atoms with Crippen LogP contribution in [-0.4, -0.2) is 19.6 Å². The Balaban J connectivity index is 1.83. The van der Waals surface area contributed by atoms with Gasteiger partial charge in [0.2, 0.25) is 0 Å². The third kappa shape index (κ3) is 2.36. The average Bonchev–Trinajstić information content (AvgIpc) is 2.05. The Bertz CT molecular complexity index is 267. The molecule has 13 heavy (non-hydrogen) atoms. The van der Waals surface area contributed by atoms with Crippen LogP contribution in [0.2, 0.25) is 5.02 Å². The molecule has 1 fully saturated rings. The van der Waals surface area contributed by atoms with Crippen molar-refractivity contribution in [2.24, 2.45) is 5.92 Å². The summed E-state index contributed by atoms with van der Waals surface area (Å²) in [5.74, 6) is 0.788. The summed E-state index contributed by atoms with van der Waals surface area (Å²) < 4.78 is 0. The van der Waals surface area contributed by atoms with Crippen LogP contribution in [0.3, 0.4) is 0 Å². The van der Waals surface area contributed by atoms with Crippen LogP contribution in [0.25, 0.3) is 0 Å². The van der Waals surface area contributed by atoms with Gasteiger partial charge in [-0.05, 0) is 24.3 Å². The molecule has 3 heteroatoms. The van der Waals surface area contributed by atoms with E-state index >= 15 is 0 Å². The van der Waals surface area contributed by atoms with Crippen molar-refractivity contribution in [1.82, 2.24) is 5.32 Å². The number of anilines is 1. The van der Waals surface area contributed by atoms with Gasteiger partial charge in [-0.2, -0.15) is 0 Å². The molecule has 1 aliphatic heterocycles. The Morgan fingerprint density at radius 2 is 2.00 bits per heavy atom. The second-order valence-electron chi connectivity index (χ2n) is 3.41. The van der Waals surface area contributed by atoms with Gasteiger partial charge < -0.3 is 10.6 Å². The molecule has 0 bridgehead atoms. The molecule has 70 valence electrons. The van der Waals surface area contributed by atoms with Crippen molar-refractivity contribution < 1.29 is 0 Å². The lowest BCUT2D eigenvalue weighted by atomic mass is 10.0. The van der Waals surface area contributed by atoms with Gasteiger partial charge in [-0.1, -0.05) is 11.6 Å². The highest BCUT2D eigenvalue weighted by Gasteiger charge is 2.15. The highest BCUT2D eigenvalue weighted by Crippen LogP contribution is 2.14. The predicted octanol–water partition coefficient (Wildman–Crippen LogP) is 1.97. The van der Waals surface area contributed by atoms with Crippen molar-refractivity contribution >= 4 is 17.3 Å². The van der Waals surface area contributed by atoms with E-state index in [0.29, 0.717) is 0 Å². The minimum atomic E-state index is 0.788. The number of halogens is 1. The number of rotatable bonds is 3. The molecule has 0 aromatic heterocycles. The fourth-order valence-electron chi connectivity index (χ4n) is 1.32. The first kappa shape index (κ1) is 8.85. The molecule has 1 aliphatic rings. The molecule has 0 spiro atoms. The normalized spacial score (nSPS) is 16.7. The van der Waals surface area contributed by atoms with E-state index in [2.05, 4.69) is 10.6 Å². The third-order valence-corrected chi connectivity index (χ3v) is 2.56. The lowest BCUT2D eigenvalue weighted by molar-refractivity contribution is 0.365. The standard InChI is InChI=1S/C10H13ClN2/c11-9-1-3-10(4-2-9)13-7-8-5-12-6-8/h1-4,8,12-13H,5-7H2. The maximum atomic E-state index is 5.78. The largest absolute Gasteiger partial charge is 0.385 e. The Hall–Kier alpha value is -0.730. The Morgan fingerprint density at radius 1 is 1.31 bits per heavy atom. The van der Waals surface area contributed by atoms with Crippen LogP contribution in [0.1, 0.15) is 0 Å². The Kier molecular flexibility index (Phi) is 2.71. The first-order valence-corrected chi connectivity index (χ1v) is 4.92. The molecular weight excluding hydrogens is 184 g/mol. The van der Waals surface area contributed by atoms with Crippen molar-refractivity contribution in [1.29, 1.82) is 0 Å². The second kappa shape index (κ2) is 3.99. The molecule has 0 atom stereocenters. The first-order chi connectivity index (χ1) is 6.34. The van der Waals surface area contributed by atoms with E-state index < -0.39 is 0 Å². The lowest BCUT2D eigenvalue weighted by Crippen LogP contribution is -2.45. The number of hydrogen-bond donors (Lipinski definition) is 2. The Labute approximate surface area is 83.3 Å². The summed E-state index contributed by atoms with van der Waals surface area (Å²) in [5.41, 5.74) is 1.15. The van der Waals surface area contributed by atoms with Gasteiger partial charge in [0, 0.05) is 36.3 Å². The van der Waals surface area contributed by atoms with Crippen molar-refractivity contribution in [3.05, 3.63) is 29.3 Å². The van der Waals surface area contributed by atoms with E-state index in [1.165, 1.54) is 0 Å². The molecule has 2 nitrogen and oxygen atoms in total. The van der Waals surface area contributed by atoms with E-state index in [0.717, 1.165) is 36.3 Å². The van der Waals surface area contributed by atoms with Gasteiger partial charge >= 0.3 is 0 Å². The zero-order valence-electron chi connectivity index (χ0n) is 7.39. The zero-order valence-corrected chi connectivity index (χ0v) is 8.14. The van der Waals surface area contributed by atoms with E-state index in [1.54, 1.807) is 0 Å². The van der Waals surface area contributed by atoms with Gasteiger partial charge in [-0.15, -0.1) is 0 Å². The molecular formula is C10H13ClN2. The summed E-state index contributed by atoms with van der Waals surface area (Å²) in [4.78, 5) is 0. The van der Waals surface area contributed by atoms with E-state index in [4.69, 9.17) is 11.6 Å². The van der Waals surface area contributed by atoms with Gasteiger partial charge in [0.25, 0.3) is 0 Å². The molecule has 2 N–H and O–H groups in total. The summed E-state index contributed by atoms with van der Waals surface area (Å²) in [6, 6.07) is 7.83. The van der Waals surface area contributed by atoms with Gasteiger partial charge in [0.1, 0.15) is 0 Å². The first-order valence-electron chi connectivity index (χ1n) is 4.55. The SMILES string of the molecule is Clc1ccc(NCC2CNC2)cc1. The van der Waals surface area contributed by atoms with Crippen molar-refractivity contribution in [2.75, 3.05) is 25.0 Å². The Morgan fingerprint density at radius 3 is 2.54 bits per heavy atom. The van der Waals surface area contributed by atoms with Crippen LogP contribution in [0.4, 0.5) is 5.69 Å². The summed E-state index contributed by atoms with van der Waals surface area (Å²) in [5, 5.41) is 7.41. The van der Waals surface area contributed by atoms with Gasteiger partial charge in [0.05, 0.1) is 0 Å². The third-order valence-electron chi connectivity index (χ3n) is 2.31. The fourth-order valence-corrected chi connectivity index (χ4v) is 1.45. The minimum absolute atomic E-state index is 0.788. The fraction of sp³-hybridized carbons (Fsp3) is 0.400. The highest BCUT2D eigenvalue weighted by atomic mass is 35.5. The van der Waals surface area contributed by atoms with Crippen LogP contribution >= 0.6 is 11.6 Å². The number of nitrogens with one attached hydrogen (secondary N) is 2. The summed E-state index contributed by atoms with van der Waals surface area (Å²) in [6.07, 6.45) is 0. The molecule has 0 aliphatic carbocycles. The second-order valence-corrected chi connectivity index (χ2v) is 3.85. The average molecular weight is 197 g/mol. The van der Waals surface area contributed by atoms with Gasteiger partial charge in [-0.25, -0.2) is 0 Å². The van der Waals surface area contributed by atoms with E-state index in [-0.39, 0.29) is 0 Å². The molecule has 0 amide bonds. The highest BCUT2D eigenvalue weighted by molar-refractivity contribution is 6.30. The maximum absolute atomic E-state index is 5.78. The summed E-state index contributed by atoms with van der Waals surface area (Å²) in [6.45, 7) is 3.33. The predicted molar refractivity (Wildman–Crippen MR) is 56.3 cm³/mol. The molecule has 0 unspecified atom stereocenters. The topological polar surface area (TPSA) is 24.1 Å². The number of benzene rings is 1. The van der Waals surface area contributed by atoms with E-state index in [9.17, 15) is 0 Å². The smallest absolute Gasteiger partial charge is 0.0407 e. The molecule has 1 aromatic rings. The molecule has 0 saturated carbocycles. The van der Waals surface area contributed by atoms with Crippen LogP contribution in [0, 0.1) is 5.92 Å². The van der Waals surface area contributed by atoms with Crippen LogP contribution in [0.15, 0.2) is 24.3 Å². The molecule has 1 heterocycles. The van der Waals surface area contributed by atoms with Gasteiger partial charge in [0.15, 0.2) is 0 Å². The van der Waals surface area contributed by atoms with E-state index in [1.807, 2.05) is 24.3 Å². The van der Waals surface area contributed by atoms with Crippen LogP contribution in [0.5, 0.6) is 0 Å². The number of hydrogen-bond acceptors (Lipinski definition) is 2. The molecule has 1 aromatic carbocycles. The minimum Gasteiger partial charge on any atom is -0.385 e. The molecule has 0 radical (unpaired) electrons. The summed E-state index contributed by atoms with van der Waals surface area (Å²) >= 11 is 5.78. The van der Waals surface area contributed by atoms with Crippen molar-refractivity contribution in [2.45, 2.75) is 0 Å². The molecule has 1 saturated heterocycles. The molecule has 2 rings (SSSR count). The zero-order chi connectivity index (χ0) is 9.10. The van der Waals surface area contributed by atoms with Gasteiger partial charge in [-0.3, -0.25) is 0 Å². The summed E-state index contributed by atoms with van der Waals surface area (Å²) in [7, 11) is 0. The van der Waals surface area contributed by atoms with Crippen molar-refractivity contribution in [3.63, 3.8) is 0 Å². The quantitative estimate of drug-likeness (QED) is 0.773. The monoisotopic (exact) mass is 196 g/mol. The maximum Gasteiger partial charge on any atom is 0.0407 e. The van der Waals surface area contributed by atoms with Crippen LogP contribution in [-0.2, 0) is 0 Å². The van der Waals surface area contributed by atoms with Crippen LogP contribution < -0.4 is 10.6 Å².